The third kappa shape index (κ3) is 3.08. The summed E-state index contributed by atoms with van der Waals surface area (Å²) >= 11 is 0. The second-order valence-electron chi connectivity index (χ2n) is 4.87. The van der Waals surface area contributed by atoms with Gasteiger partial charge in [-0.3, -0.25) is 0 Å². The van der Waals surface area contributed by atoms with Crippen molar-refractivity contribution in [3.8, 4) is 6.07 Å². The average Bonchev–Trinajstić information content (AvgIpc) is 2.71. The SMILES string of the molecule is CN([C@H]1CS(=O)(=O)C[C@@H]1O)S(=O)(=O)c1cccc(C#N)c1. The largest absolute Gasteiger partial charge is 0.390 e. The number of nitriles is 1. The van der Waals surface area contributed by atoms with Crippen LogP contribution in [0, 0.1) is 11.3 Å². The summed E-state index contributed by atoms with van der Waals surface area (Å²) in [5.41, 5.74) is 0.184. The van der Waals surface area contributed by atoms with Crippen LogP contribution >= 0.6 is 0 Å². The van der Waals surface area contributed by atoms with Crippen molar-refractivity contribution < 1.29 is 21.9 Å². The molecule has 0 spiro atoms. The quantitative estimate of drug-likeness (QED) is 0.786. The van der Waals surface area contributed by atoms with Gasteiger partial charge >= 0.3 is 0 Å². The Kier molecular flexibility index (Phi) is 4.08. The molecule has 21 heavy (non-hydrogen) atoms. The van der Waals surface area contributed by atoms with Crippen molar-refractivity contribution in [2.45, 2.75) is 17.0 Å². The van der Waals surface area contributed by atoms with Crippen LogP contribution < -0.4 is 0 Å². The number of sulfonamides is 1. The molecule has 1 aromatic rings. The molecule has 1 aliphatic rings. The van der Waals surface area contributed by atoms with E-state index in [9.17, 15) is 21.9 Å². The van der Waals surface area contributed by atoms with E-state index in [0.29, 0.717) is 0 Å². The number of benzene rings is 1. The first kappa shape index (κ1) is 15.9. The highest BCUT2D eigenvalue weighted by atomic mass is 32.2. The first-order chi connectivity index (χ1) is 9.67. The molecule has 1 fully saturated rings. The molecule has 7 nitrogen and oxygen atoms in total. The fourth-order valence-electron chi connectivity index (χ4n) is 2.23. The molecule has 1 heterocycles. The van der Waals surface area contributed by atoms with Crippen molar-refractivity contribution >= 4 is 19.9 Å². The maximum atomic E-state index is 12.5. The zero-order valence-electron chi connectivity index (χ0n) is 11.2. The van der Waals surface area contributed by atoms with E-state index in [4.69, 9.17) is 5.26 Å². The lowest BCUT2D eigenvalue weighted by molar-refractivity contribution is 0.137. The summed E-state index contributed by atoms with van der Waals surface area (Å²) in [5, 5.41) is 18.6. The molecule has 0 bridgehead atoms. The van der Waals surface area contributed by atoms with Gasteiger partial charge in [-0.2, -0.15) is 9.57 Å². The van der Waals surface area contributed by atoms with Gasteiger partial charge in [-0.25, -0.2) is 16.8 Å². The van der Waals surface area contributed by atoms with Crippen molar-refractivity contribution in [1.82, 2.24) is 4.31 Å². The Labute approximate surface area is 123 Å². The summed E-state index contributed by atoms with van der Waals surface area (Å²) in [5.74, 6) is -0.863. The number of aliphatic hydroxyl groups excluding tert-OH is 1. The van der Waals surface area contributed by atoms with Crippen molar-refractivity contribution in [2.24, 2.45) is 0 Å². The number of rotatable bonds is 3. The second-order valence-corrected chi connectivity index (χ2v) is 9.02. The smallest absolute Gasteiger partial charge is 0.243 e. The number of hydrogen-bond acceptors (Lipinski definition) is 6. The molecule has 0 amide bonds. The van der Waals surface area contributed by atoms with E-state index in [1.807, 2.05) is 6.07 Å². The molecule has 0 radical (unpaired) electrons. The average molecular weight is 330 g/mol. The maximum Gasteiger partial charge on any atom is 0.243 e. The molecule has 1 aliphatic heterocycles. The first-order valence-electron chi connectivity index (χ1n) is 6.04. The summed E-state index contributed by atoms with van der Waals surface area (Å²) < 4.78 is 48.8. The lowest BCUT2D eigenvalue weighted by atomic mass is 10.2. The summed E-state index contributed by atoms with van der Waals surface area (Å²) in [7, 11) is -6.21. The summed E-state index contributed by atoms with van der Waals surface area (Å²) in [4.78, 5) is -0.111. The van der Waals surface area contributed by atoms with Gasteiger partial charge in [0.05, 0.1) is 40.2 Å². The van der Waals surface area contributed by atoms with E-state index in [1.54, 1.807) is 0 Å². The Morgan fingerprint density at radius 1 is 1.38 bits per heavy atom. The van der Waals surface area contributed by atoms with Crippen LogP contribution in [-0.2, 0) is 19.9 Å². The van der Waals surface area contributed by atoms with E-state index in [-0.39, 0.29) is 10.5 Å². The van der Waals surface area contributed by atoms with Gasteiger partial charge < -0.3 is 5.11 Å². The van der Waals surface area contributed by atoms with Gasteiger partial charge in [0.15, 0.2) is 9.84 Å². The van der Waals surface area contributed by atoms with Gasteiger partial charge in [-0.05, 0) is 18.2 Å². The Morgan fingerprint density at radius 2 is 2.05 bits per heavy atom. The molecular formula is C12H14N2O5S2. The predicted octanol–water partition coefficient (Wildman–Crippen LogP) is -0.663. The number of sulfone groups is 1. The molecular weight excluding hydrogens is 316 g/mol. The number of aliphatic hydroxyl groups is 1. The Balaban J connectivity index is 2.38. The van der Waals surface area contributed by atoms with Crippen LogP contribution in [0.5, 0.6) is 0 Å². The Hall–Kier alpha value is -1.47. The van der Waals surface area contributed by atoms with E-state index >= 15 is 0 Å². The molecule has 1 aromatic carbocycles. The number of likely N-dealkylation sites (N-methyl/N-ethyl adjacent to an activating group) is 1. The highest BCUT2D eigenvalue weighted by Crippen LogP contribution is 2.24. The van der Waals surface area contributed by atoms with E-state index < -0.39 is 43.5 Å². The van der Waals surface area contributed by atoms with E-state index in [1.165, 1.54) is 31.3 Å². The molecule has 2 atom stereocenters. The highest BCUT2D eigenvalue weighted by molar-refractivity contribution is 7.92. The molecule has 1 N–H and O–H groups in total. The van der Waals surface area contributed by atoms with Gasteiger partial charge in [-0.1, -0.05) is 6.07 Å². The van der Waals surface area contributed by atoms with Gasteiger partial charge in [0, 0.05) is 7.05 Å². The monoisotopic (exact) mass is 330 g/mol. The van der Waals surface area contributed by atoms with Crippen LogP contribution in [0.1, 0.15) is 5.56 Å². The van der Waals surface area contributed by atoms with Crippen LogP contribution in [0.15, 0.2) is 29.2 Å². The number of nitrogens with zero attached hydrogens (tertiary/aromatic N) is 2. The standard InChI is InChI=1S/C12H14N2O5S2/c1-14(11-7-20(16,17)8-12(11)15)21(18,19)10-4-2-3-9(5-10)6-13/h2-5,11-12,15H,7-8H2,1H3/t11-,12-/m0/s1. The minimum absolute atomic E-state index is 0.111. The Morgan fingerprint density at radius 3 is 2.57 bits per heavy atom. The van der Waals surface area contributed by atoms with Crippen molar-refractivity contribution in [3.05, 3.63) is 29.8 Å². The van der Waals surface area contributed by atoms with Crippen LogP contribution in [0.2, 0.25) is 0 Å². The predicted molar refractivity (Wildman–Crippen MR) is 74.6 cm³/mol. The molecule has 2 rings (SSSR count). The lowest BCUT2D eigenvalue weighted by Gasteiger charge is -2.25. The maximum absolute atomic E-state index is 12.5. The molecule has 1 saturated heterocycles. The lowest BCUT2D eigenvalue weighted by Crippen LogP contribution is -2.44. The third-order valence-corrected chi connectivity index (χ3v) is 6.98. The molecule has 9 heteroatoms. The molecule has 114 valence electrons. The summed E-state index contributed by atoms with van der Waals surface area (Å²) in [6, 6.07) is 6.25. The van der Waals surface area contributed by atoms with Gasteiger partial charge in [0.2, 0.25) is 10.0 Å². The first-order valence-corrected chi connectivity index (χ1v) is 9.30. The van der Waals surface area contributed by atoms with Crippen LogP contribution in [-0.4, -0.2) is 56.9 Å². The van der Waals surface area contributed by atoms with Crippen LogP contribution in [0.3, 0.4) is 0 Å². The Bertz CT molecular complexity index is 795. The zero-order valence-corrected chi connectivity index (χ0v) is 12.8. The number of hydrogen-bond donors (Lipinski definition) is 1. The van der Waals surface area contributed by atoms with Gasteiger partial charge in [0.25, 0.3) is 0 Å². The van der Waals surface area contributed by atoms with Crippen LogP contribution in [0.25, 0.3) is 0 Å². The topological polar surface area (TPSA) is 116 Å². The van der Waals surface area contributed by atoms with Gasteiger partial charge in [-0.15, -0.1) is 0 Å². The van der Waals surface area contributed by atoms with E-state index in [2.05, 4.69) is 0 Å². The fraction of sp³-hybridized carbons (Fsp3) is 0.417. The molecule has 0 aliphatic carbocycles. The molecule has 0 unspecified atom stereocenters. The minimum atomic E-state index is -3.98. The molecule has 0 aromatic heterocycles. The minimum Gasteiger partial charge on any atom is -0.390 e. The van der Waals surface area contributed by atoms with Crippen molar-refractivity contribution in [3.63, 3.8) is 0 Å². The second kappa shape index (κ2) is 5.38. The van der Waals surface area contributed by atoms with Crippen LogP contribution in [0.4, 0.5) is 0 Å². The van der Waals surface area contributed by atoms with Crippen molar-refractivity contribution in [1.29, 1.82) is 5.26 Å². The highest BCUT2D eigenvalue weighted by Gasteiger charge is 2.42. The van der Waals surface area contributed by atoms with Gasteiger partial charge in [0.1, 0.15) is 0 Å². The summed E-state index contributed by atoms with van der Waals surface area (Å²) in [6.45, 7) is 0. The fourth-order valence-corrected chi connectivity index (χ4v) is 5.60. The van der Waals surface area contributed by atoms with E-state index in [0.717, 1.165) is 4.31 Å². The zero-order chi connectivity index (χ0) is 15.8. The summed E-state index contributed by atoms with van der Waals surface area (Å²) in [6.07, 6.45) is -1.26. The normalized spacial score (nSPS) is 24.9. The third-order valence-electron chi connectivity index (χ3n) is 3.40. The molecule has 0 saturated carbocycles. The van der Waals surface area contributed by atoms with Crippen molar-refractivity contribution in [2.75, 3.05) is 18.6 Å².